The molecule has 0 heterocycles. The number of carboxylic acids is 1. The molecule has 0 spiro atoms. The molecule has 1 aliphatic rings. The summed E-state index contributed by atoms with van der Waals surface area (Å²) in [4.78, 5) is 24.4. The average Bonchev–Trinajstić information content (AvgIpc) is 2.58. The average molecular weight is 257 g/mol. The van der Waals surface area contributed by atoms with Crippen LogP contribution in [0.5, 0.6) is 0 Å². The second-order valence-corrected chi connectivity index (χ2v) is 4.81. The van der Waals surface area contributed by atoms with Gasteiger partial charge in [-0.2, -0.15) is 0 Å². The third kappa shape index (κ3) is 5.04. The Labute approximate surface area is 108 Å². The molecule has 0 saturated heterocycles. The molecule has 0 aliphatic heterocycles. The van der Waals surface area contributed by atoms with Crippen molar-refractivity contribution in [2.75, 3.05) is 20.3 Å². The van der Waals surface area contributed by atoms with Gasteiger partial charge in [0.25, 0.3) is 0 Å². The van der Waals surface area contributed by atoms with Crippen LogP contribution in [0.2, 0.25) is 0 Å². The molecule has 0 unspecified atom stereocenters. The molecule has 0 radical (unpaired) electrons. The van der Waals surface area contributed by atoms with E-state index in [2.05, 4.69) is 0 Å². The number of methoxy groups -OCH3 is 1. The summed E-state index contributed by atoms with van der Waals surface area (Å²) in [6.45, 7) is 0.332. The monoisotopic (exact) mass is 257 g/mol. The Morgan fingerprint density at radius 2 is 1.83 bits per heavy atom. The van der Waals surface area contributed by atoms with Crippen LogP contribution in [0, 0.1) is 0 Å². The van der Waals surface area contributed by atoms with Gasteiger partial charge in [0, 0.05) is 19.7 Å². The molecule has 1 fully saturated rings. The molecule has 104 valence electrons. The SMILES string of the molecule is COCC(=O)N(CCC(=O)O)C1CCCCCC1. The number of carbonyl (C=O) groups excluding carboxylic acids is 1. The number of ether oxygens (including phenoxy) is 1. The van der Waals surface area contributed by atoms with Crippen molar-refractivity contribution in [2.24, 2.45) is 0 Å². The summed E-state index contributed by atoms with van der Waals surface area (Å²) in [7, 11) is 1.49. The number of rotatable bonds is 6. The molecule has 5 heteroatoms. The Morgan fingerprint density at radius 1 is 1.22 bits per heavy atom. The van der Waals surface area contributed by atoms with Crippen molar-refractivity contribution >= 4 is 11.9 Å². The lowest BCUT2D eigenvalue weighted by Gasteiger charge is -2.30. The molecule has 0 atom stereocenters. The van der Waals surface area contributed by atoms with Crippen molar-refractivity contribution in [1.82, 2.24) is 4.90 Å². The topological polar surface area (TPSA) is 66.8 Å². The molecule has 18 heavy (non-hydrogen) atoms. The van der Waals surface area contributed by atoms with Crippen molar-refractivity contribution < 1.29 is 19.4 Å². The molecule has 1 amide bonds. The van der Waals surface area contributed by atoms with Crippen LogP contribution < -0.4 is 0 Å². The van der Waals surface area contributed by atoms with Crippen LogP contribution in [0.25, 0.3) is 0 Å². The Bertz CT molecular complexity index is 272. The zero-order valence-electron chi connectivity index (χ0n) is 11.1. The van der Waals surface area contributed by atoms with E-state index in [9.17, 15) is 9.59 Å². The predicted octanol–water partition coefficient (Wildman–Crippen LogP) is 1.66. The lowest BCUT2D eigenvalue weighted by Crippen LogP contribution is -2.43. The molecule has 1 N–H and O–H groups in total. The van der Waals surface area contributed by atoms with Crippen LogP contribution >= 0.6 is 0 Å². The van der Waals surface area contributed by atoms with E-state index in [1.807, 2.05) is 0 Å². The molecule has 0 aromatic heterocycles. The number of carbonyl (C=O) groups is 2. The van der Waals surface area contributed by atoms with Crippen molar-refractivity contribution in [2.45, 2.75) is 51.0 Å². The second-order valence-electron chi connectivity index (χ2n) is 4.81. The predicted molar refractivity (Wildman–Crippen MR) is 67.3 cm³/mol. The minimum Gasteiger partial charge on any atom is -0.481 e. The maximum Gasteiger partial charge on any atom is 0.305 e. The normalized spacial score (nSPS) is 17.2. The highest BCUT2D eigenvalue weighted by Crippen LogP contribution is 2.22. The van der Waals surface area contributed by atoms with Crippen LogP contribution in [-0.4, -0.2) is 48.2 Å². The lowest BCUT2D eigenvalue weighted by molar-refractivity contribution is -0.141. The van der Waals surface area contributed by atoms with E-state index in [0.717, 1.165) is 25.7 Å². The van der Waals surface area contributed by atoms with Crippen molar-refractivity contribution in [1.29, 1.82) is 0 Å². The second kappa shape index (κ2) is 8.08. The summed E-state index contributed by atoms with van der Waals surface area (Å²) in [6, 6.07) is 0.189. The number of hydrogen-bond donors (Lipinski definition) is 1. The van der Waals surface area contributed by atoms with Gasteiger partial charge in [0.1, 0.15) is 6.61 Å². The first kappa shape index (κ1) is 15.0. The van der Waals surface area contributed by atoms with E-state index in [1.54, 1.807) is 4.90 Å². The summed E-state index contributed by atoms with van der Waals surface area (Å²) in [6.07, 6.45) is 6.63. The van der Waals surface area contributed by atoms with Gasteiger partial charge in [-0.3, -0.25) is 9.59 Å². The fourth-order valence-corrected chi connectivity index (χ4v) is 2.50. The molecular formula is C13H23NO4. The zero-order valence-corrected chi connectivity index (χ0v) is 11.1. The number of nitrogens with zero attached hydrogens (tertiary/aromatic N) is 1. The van der Waals surface area contributed by atoms with Gasteiger partial charge in [0.05, 0.1) is 6.42 Å². The third-order valence-corrected chi connectivity index (χ3v) is 3.42. The molecule has 1 saturated carbocycles. The van der Waals surface area contributed by atoms with E-state index >= 15 is 0 Å². The number of carboxylic acid groups (broad SMARTS) is 1. The van der Waals surface area contributed by atoms with Gasteiger partial charge in [0.2, 0.25) is 5.91 Å². The standard InChI is InChI=1S/C13H23NO4/c1-18-10-12(15)14(9-8-13(16)17)11-6-4-2-3-5-7-11/h11H,2-10H2,1H3,(H,16,17). The first-order valence-corrected chi connectivity index (χ1v) is 6.65. The third-order valence-electron chi connectivity index (χ3n) is 3.42. The zero-order chi connectivity index (χ0) is 13.4. The summed E-state index contributed by atoms with van der Waals surface area (Å²) in [5.74, 6) is -0.954. The highest BCUT2D eigenvalue weighted by atomic mass is 16.5. The van der Waals surface area contributed by atoms with E-state index in [4.69, 9.17) is 9.84 Å². The quantitative estimate of drug-likeness (QED) is 0.735. The maximum absolute atomic E-state index is 12.0. The molecule has 0 aromatic carbocycles. The Balaban J connectivity index is 2.61. The molecule has 1 aliphatic carbocycles. The number of hydrogen-bond acceptors (Lipinski definition) is 3. The Kier molecular flexibility index (Phi) is 6.72. The van der Waals surface area contributed by atoms with Crippen LogP contribution in [-0.2, 0) is 14.3 Å². The van der Waals surface area contributed by atoms with Crippen LogP contribution in [0.15, 0.2) is 0 Å². The molecule has 0 bridgehead atoms. The largest absolute Gasteiger partial charge is 0.481 e. The van der Waals surface area contributed by atoms with E-state index in [-0.39, 0.29) is 25.0 Å². The minimum atomic E-state index is -0.862. The van der Waals surface area contributed by atoms with Crippen LogP contribution in [0.1, 0.15) is 44.9 Å². The molecule has 5 nitrogen and oxygen atoms in total. The van der Waals surface area contributed by atoms with Gasteiger partial charge >= 0.3 is 5.97 Å². The van der Waals surface area contributed by atoms with Crippen LogP contribution in [0.4, 0.5) is 0 Å². The first-order valence-electron chi connectivity index (χ1n) is 6.65. The van der Waals surface area contributed by atoms with Crippen LogP contribution in [0.3, 0.4) is 0 Å². The van der Waals surface area contributed by atoms with Crippen molar-refractivity contribution in [3.8, 4) is 0 Å². The molecular weight excluding hydrogens is 234 g/mol. The summed E-state index contributed by atoms with van der Waals surface area (Å²) < 4.78 is 4.87. The van der Waals surface area contributed by atoms with E-state index < -0.39 is 5.97 Å². The van der Waals surface area contributed by atoms with Gasteiger partial charge in [-0.15, -0.1) is 0 Å². The Morgan fingerprint density at radius 3 is 2.33 bits per heavy atom. The minimum absolute atomic E-state index is 0.00591. The Hall–Kier alpha value is -1.10. The van der Waals surface area contributed by atoms with E-state index in [0.29, 0.717) is 6.54 Å². The summed E-state index contributed by atoms with van der Waals surface area (Å²) in [5.41, 5.74) is 0. The first-order chi connectivity index (χ1) is 8.65. The van der Waals surface area contributed by atoms with Gasteiger partial charge in [-0.05, 0) is 12.8 Å². The summed E-state index contributed by atoms with van der Waals surface area (Å²) >= 11 is 0. The molecule has 0 aromatic rings. The lowest BCUT2D eigenvalue weighted by atomic mass is 10.1. The van der Waals surface area contributed by atoms with Gasteiger partial charge in [-0.1, -0.05) is 25.7 Å². The van der Waals surface area contributed by atoms with Gasteiger partial charge in [0.15, 0.2) is 0 Å². The van der Waals surface area contributed by atoms with Gasteiger partial charge < -0.3 is 14.7 Å². The smallest absolute Gasteiger partial charge is 0.305 e. The van der Waals surface area contributed by atoms with Gasteiger partial charge in [-0.25, -0.2) is 0 Å². The molecule has 1 rings (SSSR count). The highest BCUT2D eigenvalue weighted by molar-refractivity contribution is 5.78. The van der Waals surface area contributed by atoms with Crippen molar-refractivity contribution in [3.63, 3.8) is 0 Å². The summed E-state index contributed by atoms with van der Waals surface area (Å²) in [5, 5.41) is 8.76. The van der Waals surface area contributed by atoms with E-state index in [1.165, 1.54) is 20.0 Å². The fraction of sp³-hybridized carbons (Fsp3) is 0.846. The fourth-order valence-electron chi connectivity index (χ4n) is 2.50. The number of aliphatic carboxylic acids is 1. The maximum atomic E-state index is 12.0. The van der Waals surface area contributed by atoms with Crippen molar-refractivity contribution in [3.05, 3.63) is 0 Å². The number of amides is 1. The highest BCUT2D eigenvalue weighted by Gasteiger charge is 2.24.